The molecule has 2 aromatic carbocycles. The Morgan fingerprint density at radius 2 is 1.83 bits per heavy atom. The topological polar surface area (TPSA) is 51.2 Å². The molecule has 1 heterocycles. The molecule has 0 bridgehead atoms. The second kappa shape index (κ2) is 6.45. The molecule has 1 N–H and O–H groups in total. The van der Waals surface area contributed by atoms with Crippen LogP contribution in [0.2, 0.25) is 0 Å². The zero-order valence-corrected chi connectivity index (χ0v) is 13.8. The van der Waals surface area contributed by atoms with Gasteiger partial charge in [0, 0.05) is 4.88 Å². The normalized spacial score (nSPS) is 12.7. The summed E-state index contributed by atoms with van der Waals surface area (Å²) in [5.74, 6) is 1.03. The van der Waals surface area contributed by atoms with E-state index in [-0.39, 0.29) is 5.91 Å². The number of para-hydroxylation sites is 2. The van der Waals surface area contributed by atoms with Crippen LogP contribution in [0.3, 0.4) is 0 Å². The molecule has 0 aliphatic heterocycles. The Bertz CT molecular complexity index is 853. The highest BCUT2D eigenvalue weighted by atomic mass is 32.1. The van der Waals surface area contributed by atoms with E-state index >= 15 is 0 Å². The summed E-state index contributed by atoms with van der Waals surface area (Å²) in [4.78, 5) is 18.4. The maximum absolute atomic E-state index is 12.6. The molecule has 4 nitrogen and oxygen atoms in total. The molecule has 1 aliphatic rings. The van der Waals surface area contributed by atoms with Gasteiger partial charge in [-0.3, -0.25) is 10.1 Å². The number of aromatic nitrogens is 1. The van der Waals surface area contributed by atoms with Gasteiger partial charge < -0.3 is 4.74 Å². The van der Waals surface area contributed by atoms with E-state index in [1.165, 1.54) is 4.88 Å². The fourth-order valence-electron chi connectivity index (χ4n) is 2.77. The molecule has 0 unspecified atom stereocenters. The van der Waals surface area contributed by atoms with Gasteiger partial charge in [-0.05, 0) is 43.5 Å². The smallest absolute Gasteiger partial charge is 0.261 e. The number of anilines is 1. The third-order valence-electron chi connectivity index (χ3n) is 3.92. The number of nitrogens with one attached hydrogen (secondary N) is 1. The van der Waals surface area contributed by atoms with Crippen LogP contribution in [0.25, 0.3) is 0 Å². The minimum absolute atomic E-state index is 0.200. The zero-order chi connectivity index (χ0) is 16.4. The van der Waals surface area contributed by atoms with Crippen molar-refractivity contribution < 1.29 is 9.53 Å². The Morgan fingerprint density at radius 1 is 1.04 bits per heavy atom. The van der Waals surface area contributed by atoms with Crippen LogP contribution in [0.5, 0.6) is 11.5 Å². The highest BCUT2D eigenvalue weighted by Gasteiger charge is 2.19. The van der Waals surface area contributed by atoms with Crippen LogP contribution in [0.4, 0.5) is 5.13 Å². The summed E-state index contributed by atoms with van der Waals surface area (Å²) in [6.45, 7) is 0. The lowest BCUT2D eigenvalue weighted by atomic mass is 10.2. The summed E-state index contributed by atoms with van der Waals surface area (Å²) in [5, 5.41) is 3.57. The van der Waals surface area contributed by atoms with Crippen LogP contribution in [-0.4, -0.2) is 10.9 Å². The van der Waals surface area contributed by atoms with Crippen LogP contribution in [0, 0.1) is 0 Å². The van der Waals surface area contributed by atoms with Crippen molar-refractivity contribution in [3.63, 3.8) is 0 Å². The number of rotatable bonds is 4. The zero-order valence-electron chi connectivity index (χ0n) is 13.0. The largest absolute Gasteiger partial charge is 0.457 e. The van der Waals surface area contributed by atoms with Crippen molar-refractivity contribution in [2.75, 3.05) is 5.32 Å². The van der Waals surface area contributed by atoms with E-state index in [1.807, 2.05) is 42.5 Å². The third-order valence-corrected chi connectivity index (χ3v) is 4.99. The van der Waals surface area contributed by atoms with E-state index in [0.717, 1.165) is 25.0 Å². The molecule has 1 aromatic heterocycles. The highest BCUT2D eigenvalue weighted by Crippen LogP contribution is 2.31. The summed E-state index contributed by atoms with van der Waals surface area (Å²) >= 11 is 1.57. The number of nitrogens with zero attached hydrogens (tertiary/aromatic N) is 1. The van der Waals surface area contributed by atoms with Gasteiger partial charge in [0.1, 0.15) is 11.5 Å². The van der Waals surface area contributed by atoms with Crippen molar-refractivity contribution in [1.29, 1.82) is 0 Å². The van der Waals surface area contributed by atoms with E-state index in [1.54, 1.807) is 23.5 Å². The monoisotopic (exact) mass is 336 g/mol. The first-order valence-electron chi connectivity index (χ1n) is 7.91. The number of carbonyl (C=O) groups is 1. The lowest BCUT2D eigenvalue weighted by Gasteiger charge is -2.10. The quantitative estimate of drug-likeness (QED) is 0.753. The molecule has 120 valence electrons. The number of thiazole rings is 1. The summed E-state index contributed by atoms with van der Waals surface area (Å²) in [6, 6.07) is 16.7. The maximum atomic E-state index is 12.6. The molecule has 0 atom stereocenters. The molecule has 24 heavy (non-hydrogen) atoms. The molecular formula is C19H16N2O2S. The van der Waals surface area contributed by atoms with Gasteiger partial charge in [-0.25, -0.2) is 4.98 Å². The molecule has 0 saturated heterocycles. The number of hydrogen-bond donors (Lipinski definition) is 1. The molecule has 0 spiro atoms. The van der Waals surface area contributed by atoms with Gasteiger partial charge in [-0.15, -0.1) is 11.3 Å². The van der Waals surface area contributed by atoms with Gasteiger partial charge in [0.15, 0.2) is 5.13 Å². The average molecular weight is 336 g/mol. The number of aryl methyl sites for hydroxylation is 2. The first-order valence-corrected chi connectivity index (χ1v) is 8.73. The van der Waals surface area contributed by atoms with Crippen LogP contribution in [0.15, 0.2) is 54.6 Å². The van der Waals surface area contributed by atoms with Crippen molar-refractivity contribution in [3.8, 4) is 11.5 Å². The van der Waals surface area contributed by atoms with Gasteiger partial charge in [0.25, 0.3) is 5.91 Å². The Kier molecular flexibility index (Phi) is 4.01. The minimum Gasteiger partial charge on any atom is -0.457 e. The van der Waals surface area contributed by atoms with Crippen LogP contribution in [0.1, 0.15) is 27.3 Å². The van der Waals surface area contributed by atoms with Crippen molar-refractivity contribution in [1.82, 2.24) is 4.98 Å². The first-order chi connectivity index (χ1) is 11.8. The van der Waals surface area contributed by atoms with Crippen molar-refractivity contribution in [2.45, 2.75) is 19.3 Å². The van der Waals surface area contributed by atoms with Crippen LogP contribution in [-0.2, 0) is 12.8 Å². The van der Waals surface area contributed by atoms with Crippen molar-refractivity contribution in [2.24, 2.45) is 0 Å². The fraction of sp³-hybridized carbons (Fsp3) is 0.158. The SMILES string of the molecule is O=C(Nc1nc2c(s1)CCC2)c1ccccc1Oc1ccccc1. The van der Waals surface area contributed by atoms with Crippen molar-refractivity contribution >= 4 is 22.4 Å². The first kappa shape index (κ1) is 14.9. The average Bonchev–Trinajstić information content (AvgIpc) is 3.17. The van der Waals surface area contributed by atoms with Gasteiger partial charge >= 0.3 is 0 Å². The number of ether oxygens (including phenoxy) is 1. The molecule has 1 aliphatic carbocycles. The molecule has 0 saturated carbocycles. The number of benzene rings is 2. The summed E-state index contributed by atoms with van der Waals surface area (Å²) < 4.78 is 5.85. The Balaban J connectivity index is 1.55. The third kappa shape index (κ3) is 3.03. The molecule has 4 rings (SSSR count). The number of fused-ring (bicyclic) bond motifs is 1. The number of hydrogen-bond acceptors (Lipinski definition) is 4. The molecular weight excluding hydrogens is 320 g/mol. The molecule has 0 fully saturated rings. The molecule has 1 amide bonds. The summed E-state index contributed by atoms with van der Waals surface area (Å²) in [6.07, 6.45) is 3.24. The Morgan fingerprint density at radius 3 is 2.67 bits per heavy atom. The molecule has 0 radical (unpaired) electrons. The predicted molar refractivity (Wildman–Crippen MR) is 95.1 cm³/mol. The van der Waals surface area contributed by atoms with Gasteiger partial charge in [0.05, 0.1) is 11.3 Å². The van der Waals surface area contributed by atoms with Crippen LogP contribution < -0.4 is 10.1 Å². The standard InChI is InChI=1S/C19H16N2O2S/c22-18(21-19-20-15-10-6-12-17(15)24-19)14-9-4-5-11-16(14)23-13-7-2-1-3-8-13/h1-5,7-9,11H,6,10,12H2,(H,20,21,22). The van der Waals surface area contributed by atoms with E-state index < -0.39 is 0 Å². The Hall–Kier alpha value is -2.66. The van der Waals surface area contributed by atoms with Crippen LogP contribution >= 0.6 is 11.3 Å². The van der Waals surface area contributed by atoms with Crippen molar-refractivity contribution in [3.05, 3.63) is 70.7 Å². The maximum Gasteiger partial charge on any atom is 0.261 e. The van der Waals surface area contributed by atoms with Gasteiger partial charge in [0.2, 0.25) is 0 Å². The predicted octanol–water partition coefficient (Wildman–Crippen LogP) is 4.68. The lowest BCUT2D eigenvalue weighted by molar-refractivity contribution is 0.102. The van der Waals surface area contributed by atoms with Gasteiger partial charge in [-0.1, -0.05) is 30.3 Å². The lowest BCUT2D eigenvalue weighted by Crippen LogP contribution is -2.12. The molecule has 5 heteroatoms. The minimum atomic E-state index is -0.200. The van der Waals surface area contributed by atoms with Gasteiger partial charge in [-0.2, -0.15) is 0 Å². The number of carbonyl (C=O) groups excluding carboxylic acids is 1. The van der Waals surface area contributed by atoms with E-state index in [9.17, 15) is 4.79 Å². The van der Waals surface area contributed by atoms with E-state index in [2.05, 4.69) is 10.3 Å². The summed E-state index contributed by atoms with van der Waals surface area (Å²) in [7, 11) is 0. The molecule has 3 aromatic rings. The number of amides is 1. The fourth-order valence-corrected chi connectivity index (χ4v) is 3.81. The van der Waals surface area contributed by atoms with E-state index in [4.69, 9.17) is 4.74 Å². The Labute approximate surface area is 144 Å². The second-order valence-electron chi connectivity index (χ2n) is 5.61. The highest BCUT2D eigenvalue weighted by molar-refractivity contribution is 7.16. The van der Waals surface area contributed by atoms with E-state index in [0.29, 0.717) is 22.2 Å². The summed E-state index contributed by atoms with van der Waals surface area (Å²) in [5.41, 5.74) is 1.63. The second-order valence-corrected chi connectivity index (χ2v) is 6.69.